The fourth-order valence-corrected chi connectivity index (χ4v) is 4.86. The Morgan fingerprint density at radius 3 is 2.32 bits per heavy atom. The second-order valence-electron chi connectivity index (χ2n) is 7.44. The fraction of sp³-hybridized carbons (Fsp3) is 0.154. The molecule has 1 aliphatic rings. The van der Waals surface area contributed by atoms with E-state index in [2.05, 4.69) is 15.9 Å². The van der Waals surface area contributed by atoms with Gasteiger partial charge in [0.15, 0.2) is 11.5 Å². The Morgan fingerprint density at radius 1 is 0.941 bits per heavy atom. The van der Waals surface area contributed by atoms with E-state index in [1.807, 2.05) is 72.8 Å². The predicted molar refractivity (Wildman–Crippen MR) is 143 cm³/mol. The normalized spacial score (nSPS) is 14.6. The summed E-state index contributed by atoms with van der Waals surface area (Å²) in [5.41, 5.74) is 2.86. The number of hydrogen-bond donors (Lipinski definition) is 0. The van der Waals surface area contributed by atoms with Crippen LogP contribution in [0.2, 0.25) is 0 Å². The van der Waals surface area contributed by atoms with Crippen LogP contribution in [0.15, 0.2) is 76.1 Å². The lowest BCUT2D eigenvalue weighted by Gasteiger charge is -2.14. The van der Waals surface area contributed by atoms with Crippen molar-refractivity contribution < 1.29 is 19.0 Å². The van der Waals surface area contributed by atoms with Gasteiger partial charge >= 0.3 is 0 Å². The molecule has 3 aromatic rings. The molecular weight excluding hydrogens is 534 g/mol. The van der Waals surface area contributed by atoms with Crippen LogP contribution < -0.4 is 14.2 Å². The summed E-state index contributed by atoms with van der Waals surface area (Å²) in [7, 11) is 3.22. The van der Waals surface area contributed by atoms with E-state index in [1.54, 1.807) is 19.1 Å². The van der Waals surface area contributed by atoms with Gasteiger partial charge in [-0.05, 0) is 59.2 Å². The molecule has 1 heterocycles. The number of nitrogens with zero attached hydrogens (tertiary/aromatic N) is 1. The molecule has 1 aliphatic heterocycles. The van der Waals surface area contributed by atoms with Crippen molar-refractivity contribution in [3.8, 4) is 17.2 Å². The van der Waals surface area contributed by atoms with Gasteiger partial charge in [-0.15, -0.1) is 0 Å². The third-order valence-corrected chi connectivity index (χ3v) is 7.07. The van der Waals surface area contributed by atoms with Crippen LogP contribution in [0, 0.1) is 0 Å². The minimum Gasteiger partial charge on any atom is -0.497 e. The number of ether oxygens (including phenoxy) is 3. The Labute approximate surface area is 216 Å². The van der Waals surface area contributed by atoms with Crippen molar-refractivity contribution in [3.63, 3.8) is 0 Å². The Bertz CT molecular complexity index is 1230. The van der Waals surface area contributed by atoms with Gasteiger partial charge in [-0.3, -0.25) is 9.69 Å². The van der Waals surface area contributed by atoms with Crippen molar-refractivity contribution in [2.24, 2.45) is 0 Å². The summed E-state index contributed by atoms with van der Waals surface area (Å²) in [4.78, 5) is 15.2. The van der Waals surface area contributed by atoms with Gasteiger partial charge in [0.2, 0.25) is 0 Å². The number of benzene rings is 3. The second-order valence-corrected chi connectivity index (χ2v) is 10.0. The quantitative estimate of drug-likeness (QED) is 0.235. The van der Waals surface area contributed by atoms with E-state index in [4.69, 9.17) is 26.4 Å². The van der Waals surface area contributed by atoms with E-state index in [0.29, 0.717) is 33.9 Å². The number of halogens is 1. The van der Waals surface area contributed by atoms with E-state index < -0.39 is 0 Å². The Balaban J connectivity index is 1.46. The van der Waals surface area contributed by atoms with Crippen LogP contribution in [-0.2, 0) is 17.9 Å². The molecule has 0 saturated carbocycles. The summed E-state index contributed by atoms with van der Waals surface area (Å²) in [6.45, 7) is 0.838. The third-order valence-electron chi connectivity index (χ3n) is 5.17. The SMILES string of the molecule is COc1ccc(CN2C(=O)/C(=C/c3ccc(OCc4ccc(Br)cc4)c(OC)c3)SC2=S)cc1. The van der Waals surface area contributed by atoms with Crippen LogP contribution in [0.1, 0.15) is 16.7 Å². The first-order valence-electron chi connectivity index (χ1n) is 10.4. The molecule has 0 spiro atoms. The Hall–Kier alpha value is -2.81. The first-order chi connectivity index (χ1) is 16.5. The van der Waals surface area contributed by atoms with Crippen LogP contribution in [0.25, 0.3) is 6.08 Å². The topological polar surface area (TPSA) is 48.0 Å². The van der Waals surface area contributed by atoms with Gasteiger partial charge in [0.25, 0.3) is 5.91 Å². The van der Waals surface area contributed by atoms with E-state index >= 15 is 0 Å². The lowest BCUT2D eigenvalue weighted by atomic mass is 10.1. The van der Waals surface area contributed by atoms with Gasteiger partial charge in [-0.2, -0.15) is 0 Å². The summed E-state index contributed by atoms with van der Waals surface area (Å²) in [6, 6.07) is 21.2. The van der Waals surface area contributed by atoms with Crippen molar-refractivity contribution in [1.82, 2.24) is 4.90 Å². The molecule has 0 aromatic heterocycles. The van der Waals surface area contributed by atoms with E-state index in [0.717, 1.165) is 26.9 Å². The van der Waals surface area contributed by atoms with Gasteiger partial charge < -0.3 is 14.2 Å². The minimum atomic E-state index is -0.111. The highest BCUT2D eigenvalue weighted by Gasteiger charge is 2.32. The third kappa shape index (κ3) is 5.81. The molecule has 0 N–H and O–H groups in total. The fourth-order valence-electron chi connectivity index (χ4n) is 3.34. The van der Waals surface area contributed by atoms with Crippen LogP contribution >= 0.6 is 39.9 Å². The molecule has 0 bridgehead atoms. The van der Waals surface area contributed by atoms with Crippen LogP contribution in [0.5, 0.6) is 17.2 Å². The summed E-state index contributed by atoms with van der Waals surface area (Å²) >= 11 is 10.2. The molecule has 0 atom stereocenters. The molecule has 0 aliphatic carbocycles. The predicted octanol–water partition coefficient (Wildman–Crippen LogP) is 6.45. The molecule has 5 nitrogen and oxygen atoms in total. The van der Waals surface area contributed by atoms with E-state index in [1.165, 1.54) is 11.8 Å². The van der Waals surface area contributed by atoms with Crippen LogP contribution in [-0.4, -0.2) is 29.3 Å². The highest BCUT2D eigenvalue weighted by Crippen LogP contribution is 2.36. The van der Waals surface area contributed by atoms with E-state index in [-0.39, 0.29) is 5.91 Å². The molecule has 1 saturated heterocycles. The van der Waals surface area contributed by atoms with Crippen molar-refractivity contribution >= 4 is 56.2 Å². The maximum atomic E-state index is 13.0. The van der Waals surface area contributed by atoms with E-state index in [9.17, 15) is 4.79 Å². The average Bonchev–Trinajstić information content (AvgIpc) is 3.11. The molecular formula is C26H22BrNO4S2. The minimum absolute atomic E-state index is 0.111. The number of carbonyl (C=O) groups excluding carboxylic acids is 1. The van der Waals surface area contributed by atoms with Crippen molar-refractivity contribution in [1.29, 1.82) is 0 Å². The lowest BCUT2D eigenvalue weighted by molar-refractivity contribution is -0.122. The molecule has 34 heavy (non-hydrogen) atoms. The first kappa shape index (κ1) is 24.3. The highest BCUT2D eigenvalue weighted by atomic mass is 79.9. The van der Waals surface area contributed by atoms with Crippen molar-refractivity contribution in [2.45, 2.75) is 13.2 Å². The molecule has 0 unspecified atom stereocenters. The summed E-state index contributed by atoms with van der Waals surface area (Å²) in [5.74, 6) is 1.89. The molecule has 3 aromatic carbocycles. The number of hydrogen-bond acceptors (Lipinski definition) is 6. The number of carbonyl (C=O) groups is 1. The number of thioether (sulfide) groups is 1. The largest absolute Gasteiger partial charge is 0.497 e. The van der Waals surface area contributed by atoms with Gasteiger partial charge in [-0.25, -0.2) is 0 Å². The van der Waals surface area contributed by atoms with Gasteiger partial charge in [0.05, 0.1) is 25.7 Å². The van der Waals surface area contributed by atoms with Gasteiger partial charge in [-0.1, -0.05) is 70.2 Å². The smallest absolute Gasteiger partial charge is 0.266 e. The first-order valence-corrected chi connectivity index (χ1v) is 12.4. The monoisotopic (exact) mass is 555 g/mol. The Morgan fingerprint density at radius 2 is 1.65 bits per heavy atom. The zero-order chi connectivity index (χ0) is 24.1. The second kappa shape index (κ2) is 11.1. The summed E-state index contributed by atoms with van der Waals surface area (Å²) < 4.78 is 18.2. The number of thiocarbonyl (C=S) groups is 1. The van der Waals surface area contributed by atoms with Crippen molar-refractivity contribution in [3.05, 3.63) is 92.8 Å². The van der Waals surface area contributed by atoms with Crippen LogP contribution in [0.4, 0.5) is 0 Å². The summed E-state index contributed by atoms with van der Waals surface area (Å²) in [6.07, 6.45) is 1.83. The van der Waals surface area contributed by atoms with Gasteiger partial charge in [0.1, 0.15) is 16.7 Å². The number of amides is 1. The zero-order valence-corrected chi connectivity index (χ0v) is 21.8. The number of methoxy groups -OCH3 is 2. The summed E-state index contributed by atoms with van der Waals surface area (Å²) in [5, 5.41) is 0. The molecule has 8 heteroatoms. The maximum Gasteiger partial charge on any atom is 0.266 e. The lowest BCUT2D eigenvalue weighted by Crippen LogP contribution is -2.27. The van der Waals surface area contributed by atoms with Gasteiger partial charge in [0, 0.05) is 4.47 Å². The molecule has 1 fully saturated rings. The Kier molecular flexibility index (Phi) is 7.92. The zero-order valence-electron chi connectivity index (χ0n) is 18.6. The standard InChI is InChI=1S/C26H22BrNO4S2/c1-30-21-10-5-17(6-11-21)15-28-25(29)24(34-26(28)33)14-19-7-12-22(23(13-19)31-2)32-16-18-3-8-20(27)9-4-18/h3-14H,15-16H2,1-2H3/b24-14-. The highest BCUT2D eigenvalue weighted by molar-refractivity contribution is 9.10. The molecule has 174 valence electrons. The maximum absolute atomic E-state index is 13.0. The molecule has 4 rings (SSSR count). The van der Waals surface area contributed by atoms with Crippen LogP contribution in [0.3, 0.4) is 0 Å². The van der Waals surface area contributed by atoms with Crippen molar-refractivity contribution in [2.75, 3.05) is 14.2 Å². The number of rotatable bonds is 8. The average molecular weight is 557 g/mol. The molecule has 0 radical (unpaired) electrons. The molecule has 1 amide bonds.